The largest absolute Gasteiger partial charge is 0.496 e. The summed E-state index contributed by atoms with van der Waals surface area (Å²) in [7, 11) is 1.64. The molecule has 2 rings (SSSR count). The number of rotatable bonds is 7. The number of aliphatic hydroxyl groups excluding tert-OH is 1. The second-order valence-corrected chi connectivity index (χ2v) is 5.18. The summed E-state index contributed by atoms with van der Waals surface area (Å²) in [6.07, 6.45) is 1.05. The summed E-state index contributed by atoms with van der Waals surface area (Å²) in [5, 5.41) is 10.5. The van der Waals surface area contributed by atoms with Crippen LogP contribution in [0.4, 0.5) is 0 Å². The Morgan fingerprint density at radius 3 is 2.38 bits per heavy atom. The average Bonchev–Trinajstić information content (AvgIpc) is 2.55. The van der Waals surface area contributed by atoms with Crippen molar-refractivity contribution >= 4 is 0 Å². The van der Waals surface area contributed by atoms with Gasteiger partial charge in [0.2, 0.25) is 0 Å². The van der Waals surface area contributed by atoms with Crippen molar-refractivity contribution in [2.45, 2.75) is 24.9 Å². The Balaban J connectivity index is 2.06. The molecule has 2 unspecified atom stereocenters. The van der Waals surface area contributed by atoms with Gasteiger partial charge < -0.3 is 15.6 Å². The quantitative estimate of drug-likeness (QED) is 0.822. The minimum atomic E-state index is -0.480. The van der Waals surface area contributed by atoms with Crippen molar-refractivity contribution in [1.82, 2.24) is 0 Å². The van der Waals surface area contributed by atoms with Crippen molar-refractivity contribution in [2.24, 2.45) is 5.73 Å². The predicted octanol–water partition coefficient (Wildman–Crippen LogP) is 2.73. The first-order valence-corrected chi connectivity index (χ1v) is 7.31. The topological polar surface area (TPSA) is 55.5 Å². The number of aliphatic hydroxyl groups is 1. The maximum absolute atomic E-state index is 10.5. The second-order valence-electron chi connectivity index (χ2n) is 5.18. The first-order valence-electron chi connectivity index (χ1n) is 7.31. The third kappa shape index (κ3) is 4.06. The molecule has 3 nitrogen and oxygen atoms in total. The van der Waals surface area contributed by atoms with Crippen LogP contribution in [0.1, 0.15) is 23.5 Å². The molecule has 0 aliphatic rings. The van der Waals surface area contributed by atoms with E-state index in [9.17, 15) is 5.11 Å². The highest BCUT2D eigenvalue weighted by Gasteiger charge is 2.22. The van der Waals surface area contributed by atoms with Crippen LogP contribution in [0.5, 0.6) is 5.75 Å². The van der Waals surface area contributed by atoms with Gasteiger partial charge in [-0.1, -0.05) is 48.5 Å². The van der Waals surface area contributed by atoms with Crippen LogP contribution in [0.25, 0.3) is 0 Å². The summed E-state index contributed by atoms with van der Waals surface area (Å²) in [5.74, 6) is 0.677. The van der Waals surface area contributed by atoms with Crippen LogP contribution in [-0.4, -0.2) is 24.9 Å². The summed E-state index contributed by atoms with van der Waals surface area (Å²) in [5.41, 5.74) is 8.09. The highest BCUT2D eigenvalue weighted by atomic mass is 16.5. The van der Waals surface area contributed by atoms with Gasteiger partial charge >= 0.3 is 0 Å². The molecule has 0 radical (unpaired) electrons. The molecule has 0 bridgehead atoms. The lowest BCUT2D eigenvalue weighted by molar-refractivity contribution is 0.135. The Hall–Kier alpha value is -1.84. The first kappa shape index (κ1) is 15.5. The Bertz CT molecular complexity index is 542. The molecule has 2 aromatic rings. The van der Waals surface area contributed by atoms with E-state index in [0.717, 1.165) is 17.7 Å². The molecule has 0 aliphatic heterocycles. The maximum Gasteiger partial charge on any atom is 0.122 e. The fraction of sp³-hybridized carbons (Fsp3) is 0.333. The fourth-order valence-corrected chi connectivity index (χ4v) is 2.62. The van der Waals surface area contributed by atoms with E-state index in [0.29, 0.717) is 13.0 Å². The van der Waals surface area contributed by atoms with E-state index >= 15 is 0 Å². The van der Waals surface area contributed by atoms with Crippen LogP contribution in [0.2, 0.25) is 0 Å². The van der Waals surface area contributed by atoms with Gasteiger partial charge in [0.25, 0.3) is 0 Å². The SMILES string of the molecule is COc1ccccc1C(CN)C(O)CCc1ccccc1. The van der Waals surface area contributed by atoms with Crippen LogP contribution in [0, 0.1) is 0 Å². The molecule has 0 saturated heterocycles. The Labute approximate surface area is 126 Å². The number of benzene rings is 2. The van der Waals surface area contributed by atoms with E-state index in [4.69, 9.17) is 10.5 Å². The van der Waals surface area contributed by atoms with Gasteiger partial charge in [-0.2, -0.15) is 0 Å². The molecule has 0 fully saturated rings. The molecule has 0 saturated carbocycles. The van der Waals surface area contributed by atoms with Crippen molar-refractivity contribution < 1.29 is 9.84 Å². The van der Waals surface area contributed by atoms with Gasteiger partial charge in [0.1, 0.15) is 5.75 Å². The van der Waals surface area contributed by atoms with Crippen LogP contribution in [0.3, 0.4) is 0 Å². The molecule has 0 heterocycles. The third-order valence-corrected chi connectivity index (χ3v) is 3.83. The van der Waals surface area contributed by atoms with E-state index in [1.165, 1.54) is 5.56 Å². The molecular formula is C18H23NO2. The van der Waals surface area contributed by atoms with Gasteiger partial charge in [-0.15, -0.1) is 0 Å². The smallest absolute Gasteiger partial charge is 0.122 e. The van der Waals surface area contributed by atoms with Gasteiger partial charge in [0.15, 0.2) is 0 Å². The molecular weight excluding hydrogens is 262 g/mol. The number of para-hydroxylation sites is 1. The summed E-state index contributed by atoms with van der Waals surface area (Å²) < 4.78 is 5.37. The van der Waals surface area contributed by atoms with Gasteiger partial charge in [-0.05, 0) is 24.5 Å². The highest BCUT2D eigenvalue weighted by molar-refractivity contribution is 5.37. The zero-order chi connectivity index (χ0) is 15.1. The van der Waals surface area contributed by atoms with E-state index in [1.54, 1.807) is 7.11 Å². The van der Waals surface area contributed by atoms with Crippen molar-refractivity contribution in [3.8, 4) is 5.75 Å². The summed E-state index contributed by atoms with van der Waals surface area (Å²) in [6.45, 7) is 0.399. The van der Waals surface area contributed by atoms with Gasteiger partial charge in [-0.25, -0.2) is 0 Å². The summed E-state index contributed by atoms with van der Waals surface area (Å²) in [6, 6.07) is 17.9. The van der Waals surface area contributed by atoms with E-state index in [-0.39, 0.29) is 5.92 Å². The number of ether oxygens (including phenoxy) is 1. The molecule has 3 N–H and O–H groups in total. The fourth-order valence-electron chi connectivity index (χ4n) is 2.62. The molecule has 3 heteroatoms. The Kier molecular flexibility index (Phi) is 5.78. The molecule has 2 aromatic carbocycles. The van der Waals surface area contributed by atoms with E-state index in [2.05, 4.69) is 12.1 Å². The molecule has 0 aliphatic carbocycles. The highest BCUT2D eigenvalue weighted by Crippen LogP contribution is 2.29. The zero-order valence-electron chi connectivity index (χ0n) is 12.4. The normalized spacial score (nSPS) is 13.7. The van der Waals surface area contributed by atoms with Crippen LogP contribution in [-0.2, 0) is 6.42 Å². The lowest BCUT2D eigenvalue weighted by Crippen LogP contribution is -2.26. The van der Waals surface area contributed by atoms with Crippen molar-refractivity contribution in [3.05, 3.63) is 65.7 Å². The van der Waals surface area contributed by atoms with Crippen LogP contribution in [0.15, 0.2) is 54.6 Å². The van der Waals surface area contributed by atoms with Crippen molar-refractivity contribution in [3.63, 3.8) is 0 Å². The van der Waals surface area contributed by atoms with Gasteiger partial charge in [0, 0.05) is 18.0 Å². The van der Waals surface area contributed by atoms with E-state index < -0.39 is 6.10 Å². The number of aryl methyl sites for hydroxylation is 1. The molecule has 112 valence electrons. The Morgan fingerprint density at radius 1 is 1.05 bits per heavy atom. The lowest BCUT2D eigenvalue weighted by Gasteiger charge is -2.23. The summed E-state index contributed by atoms with van der Waals surface area (Å²) >= 11 is 0. The third-order valence-electron chi connectivity index (χ3n) is 3.83. The number of methoxy groups -OCH3 is 1. The molecule has 0 aromatic heterocycles. The first-order chi connectivity index (χ1) is 10.3. The zero-order valence-corrected chi connectivity index (χ0v) is 12.4. The van der Waals surface area contributed by atoms with Gasteiger partial charge in [-0.3, -0.25) is 0 Å². The van der Waals surface area contributed by atoms with Crippen molar-refractivity contribution in [2.75, 3.05) is 13.7 Å². The molecule has 2 atom stereocenters. The second kappa shape index (κ2) is 7.81. The minimum Gasteiger partial charge on any atom is -0.496 e. The Morgan fingerprint density at radius 2 is 1.71 bits per heavy atom. The summed E-state index contributed by atoms with van der Waals surface area (Å²) in [4.78, 5) is 0. The standard InChI is InChI=1S/C18H23NO2/c1-21-18-10-6-5-9-15(18)16(13-19)17(20)12-11-14-7-3-2-4-8-14/h2-10,16-17,20H,11-13,19H2,1H3. The van der Waals surface area contributed by atoms with Gasteiger partial charge in [0.05, 0.1) is 13.2 Å². The lowest BCUT2D eigenvalue weighted by atomic mass is 9.89. The van der Waals surface area contributed by atoms with Crippen LogP contribution >= 0.6 is 0 Å². The number of nitrogens with two attached hydrogens (primary N) is 1. The minimum absolute atomic E-state index is 0.107. The molecule has 21 heavy (non-hydrogen) atoms. The number of hydrogen-bond acceptors (Lipinski definition) is 3. The van der Waals surface area contributed by atoms with Crippen LogP contribution < -0.4 is 10.5 Å². The predicted molar refractivity (Wildman–Crippen MR) is 85.6 cm³/mol. The molecule has 0 spiro atoms. The molecule has 0 amide bonds. The number of hydrogen-bond donors (Lipinski definition) is 2. The average molecular weight is 285 g/mol. The van der Waals surface area contributed by atoms with Crippen molar-refractivity contribution in [1.29, 1.82) is 0 Å². The maximum atomic E-state index is 10.5. The van der Waals surface area contributed by atoms with E-state index in [1.807, 2.05) is 42.5 Å². The monoisotopic (exact) mass is 285 g/mol.